The Kier molecular flexibility index (Phi) is 6.41. The number of nitrogens with two attached hydrogens (primary N) is 1. The van der Waals surface area contributed by atoms with Crippen LogP contribution < -0.4 is 10.5 Å². The average Bonchev–Trinajstić information content (AvgIpc) is 3.60. The van der Waals surface area contributed by atoms with Gasteiger partial charge >= 0.3 is 5.97 Å². The number of ether oxygens (including phenoxy) is 2. The fourth-order valence-electron chi connectivity index (χ4n) is 6.21. The maximum atomic E-state index is 12.3. The highest BCUT2D eigenvalue weighted by molar-refractivity contribution is 5.86. The summed E-state index contributed by atoms with van der Waals surface area (Å²) in [5, 5.41) is 0. The maximum Gasteiger partial charge on any atom is 0.374 e. The lowest BCUT2D eigenvalue weighted by atomic mass is 9.74. The highest BCUT2D eigenvalue weighted by atomic mass is 16.5. The van der Waals surface area contributed by atoms with E-state index in [-0.39, 0.29) is 18.0 Å². The highest BCUT2D eigenvalue weighted by Gasteiger charge is 2.35. The molecule has 0 unspecified atom stereocenters. The second-order valence-electron chi connectivity index (χ2n) is 10.9. The molecule has 2 N–H and O–H groups in total. The van der Waals surface area contributed by atoms with Crippen LogP contribution in [-0.4, -0.2) is 36.5 Å². The van der Waals surface area contributed by atoms with E-state index in [0.29, 0.717) is 24.2 Å². The zero-order valence-corrected chi connectivity index (χ0v) is 22.9. The normalized spacial score (nSPS) is 19.8. The second-order valence-corrected chi connectivity index (χ2v) is 10.9. The van der Waals surface area contributed by atoms with Crippen LogP contribution in [0.4, 0.5) is 5.82 Å². The Labute approximate surface area is 238 Å². The maximum absolute atomic E-state index is 12.3. The van der Waals surface area contributed by atoms with Gasteiger partial charge in [0.15, 0.2) is 0 Å². The van der Waals surface area contributed by atoms with E-state index in [1.165, 1.54) is 11.1 Å². The van der Waals surface area contributed by atoms with E-state index < -0.39 is 0 Å². The number of aryl methyl sites for hydroxylation is 1. The van der Waals surface area contributed by atoms with Crippen molar-refractivity contribution in [3.63, 3.8) is 0 Å². The monoisotopic (exact) mass is 548 g/mol. The molecule has 2 aliphatic rings. The van der Waals surface area contributed by atoms with Crippen molar-refractivity contribution in [2.24, 2.45) is 5.92 Å². The summed E-state index contributed by atoms with van der Waals surface area (Å²) >= 11 is 0. The predicted octanol–water partition coefficient (Wildman–Crippen LogP) is 5.61. The molecule has 4 heterocycles. The molecule has 1 atom stereocenters. The van der Waals surface area contributed by atoms with Gasteiger partial charge in [-0.15, -0.1) is 0 Å². The molecule has 0 radical (unpaired) electrons. The summed E-state index contributed by atoms with van der Waals surface area (Å²) in [5.74, 6) is 2.98. The molecule has 41 heavy (non-hydrogen) atoms. The Bertz CT molecular complexity index is 1720. The summed E-state index contributed by atoms with van der Waals surface area (Å²) in [6.07, 6.45) is 11.0. The van der Waals surface area contributed by atoms with E-state index in [1.807, 2.05) is 23.0 Å². The molecule has 2 aromatic carbocycles. The first-order valence-corrected chi connectivity index (χ1v) is 14.2. The lowest BCUT2D eigenvalue weighted by Gasteiger charge is -2.34. The van der Waals surface area contributed by atoms with Gasteiger partial charge in [-0.1, -0.05) is 42.5 Å². The fourth-order valence-corrected chi connectivity index (χ4v) is 6.21. The van der Waals surface area contributed by atoms with Crippen LogP contribution in [0.5, 0.6) is 5.75 Å². The average molecular weight is 549 g/mol. The molecule has 0 amide bonds. The van der Waals surface area contributed by atoms with Gasteiger partial charge in [-0.05, 0) is 55.7 Å². The zero-order chi connectivity index (χ0) is 27.9. The second kappa shape index (κ2) is 10.4. The summed E-state index contributed by atoms with van der Waals surface area (Å²) < 4.78 is 15.6. The third-order valence-electron chi connectivity index (χ3n) is 8.30. The predicted molar refractivity (Wildman–Crippen MR) is 155 cm³/mol. The molecule has 0 bridgehead atoms. The van der Waals surface area contributed by atoms with Crippen LogP contribution in [0.2, 0.25) is 0 Å². The van der Waals surface area contributed by atoms with Crippen molar-refractivity contribution in [3.8, 4) is 17.0 Å². The molecular formula is C32H32N6O3. The van der Waals surface area contributed by atoms with Gasteiger partial charge < -0.3 is 19.8 Å². The van der Waals surface area contributed by atoms with Crippen LogP contribution in [-0.2, 0) is 17.7 Å². The van der Waals surface area contributed by atoms with Crippen molar-refractivity contribution in [1.29, 1.82) is 0 Å². The lowest BCUT2D eigenvalue weighted by molar-refractivity contribution is 0.0503. The first kappa shape index (κ1) is 25.3. The molecule has 1 aliphatic carbocycles. The quantitative estimate of drug-likeness (QED) is 0.263. The largest absolute Gasteiger partial charge is 0.485 e. The van der Waals surface area contributed by atoms with Crippen LogP contribution in [0.15, 0.2) is 73.3 Å². The van der Waals surface area contributed by atoms with Gasteiger partial charge in [-0.2, -0.15) is 0 Å². The number of esters is 1. The van der Waals surface area contributed by atoms with Crippen LogP contribution in [0.1, 0.15) is 65.8 Å². The summed E-state index contributed by atoms with van der Waals surface area (Å²) in [4.78, 5) is 26.0. The number of anilines is 1. The molecule has 3 aromatic heterocycles. The number of carbonyl (C=O) groups is 1. The Morgan fingerprint density at radius 1 is 1.10 bits per heavy atom. The van der Waals surface area contributed by atoms with Crippen molar-refractivity contribution in [2.75, 3.05) is 12.3 Å². The number of fused-ring (bicyclic) bond motifs is 2. The van der Waals surface area contributed by atoms with E-state index in [0.717, 1.165) is 60.6 Å². The van der Waals surface area contributed by atoms with E-state index in [9.17, 15) is 4.79 Å². The van der Waals surface area contributed by atoms with Gasteiger partial charge in [-0.3, -0.25) is 4.40 Å². The number of hydrogen-bond acceptors (Lipinski definition) is 7. The third kappa shape index (κ3) is 4.61. The van der Waals surface area contributed by atoms with Crippen molar-refractivity contribution in [2.45, 2.75) is 51.2 Å². The lowest BCUT2D eigenvalue weighted by Crippen LogP contribution is -2.28. The smallest absolute Gasteiger partial charge is 0.374 e. The number of nitrogens with zero attached hydrogens (tertiary/aromatic N) is 5. The van der Waals surface area contributed by atoms with Gasteiger partial charge in [0.25, 0.3) is 0 Å². The number of benzene rings is 2. The zero-order valence-electron chi connectivity index (χ0n) is 22.9. The Balaban J connectivity index is 1.15. The van der Waals surface area contributed by atoms with Gasteiger partial charge in [0.2, 0.25) is 5.82 Å². The Morgan fingerprint density at radius 2 is 1.93 bits per heavy atom. The molecule has 1 fully saturated rings. The summed E-state index contributed by atoms with van der Waals surface area (Å²) in [6.45, 7) is 2.84. The molecule has 1 aliphatic heterocycles. The molecule has 5 aromatic rings. The van der Waals surface area contributed by atoms with Crippen molar-refractivity contribution >= 4 is 17.3 Å². The van der Waals surface area contributed by atoms with Crippen LogP contribution >= 0.6 is 0 Å². The molecule has 1 saturated carbocycles. The number of carbonyl (C=O) groups excluding carboxylic acids is 1. The Morgan fingerprint density at radius 3 is 2.76 bits per heavy atom. The minimum Gasteiger partial charge on any atom is -0.485 e. The molecule has 0 saturated heterocycles. The molecule has 7 rings (SSSR count). The first-order valence-electron chi connectivity index (χ1n) is 14.2. The molecule has 9 heteroatoms. The van der Waals surface area contributed by atoms with E-state index in [2.05, 4.69) is 56.8 Å². The first-order chi connectivity index (χ1) is 20.1. The van der Waals surface area contributed by atoms with E-state index in [4.69, 9.17) is 20.2 Å². The standard InChI is InChI=1S/C32H32N6O3/c1-2-40-32(39)31-35-12-14-37(31)19-20-16-24(17-20)30-36-27(28-29(33)34-13-15-38(28)30)23-9-8-22-10-11-25(41-26(22)18-23)21-6-4-3-5-7-21/h3-9,12-15,18,20,24-25H,2,10-11,16-17,19H2,1H3,(H2,33,34)/t20?,24?,25-/m1/s1. The van der Waals surface area contributed by atoms with Gasteiger partial charge in [0, 0.05) is 42.8 Å². The third-order valence-corrected chi connectivity index (χ3v) is 8.30. The van der Waals surface area contributed by atoms with Crippen LogP contribution in [0, 0.1) is 5.92 Å². The minimum absolute atomic E-state index is 0.0340. The summed E-state index contributed by atoms with van der Waals surface area (Å²) in [6, 6.07) is 16.7. The number of rotatable bonds is 7. The van der Waals surface area contributed by atoms with Crippen molar-refractivity contribution in [3.05, 3.63) is 96.1 Å². The number of nitrogen functional groups attached to an aromatic ring is 1. The van der Waals surface area contributed by atoms with Crippen molar-refractivity contribution in [1.82, 2.24) is 23.9 Å². The molecule has 9 nitrogen and oxygen atoms in total. The Hall–Kier alpha value is -4.66. The fraction of sp³-hybridized carbons (Fsp3) is 0.312. The number of aromatic nitrogens is 5. The number of imidazole rings is 2. The molecule has 0 spiro atoms. The van der Waals surface area contributed by atoms with E-state index >= 15 is 0 Å². The van der Waals surface area contributed by atoms with Crippen LogP contribution in [0.25, 0.3) is 16.8 Å². The summed E-state index contributed by atoms with van der Waals surface area (Å²) in [5.41, 5.74) is 11.4. The molecular weight excluding hydrogens is 516 g/mol. The molecule has 208 valence electrons. The van der Waals surface area contributed by atoms with Gasteiger partial charge in [0.1, 0.15) is 34.7 Å². The van der Waals surface area contributed by atoms with Gasteiger partial charge in [-0.25, -0.2) is 19.7 Å². The van der Waals surface area contributed by atoms with E-state index in [1.54, 1.807) is 19.3 Å². The summed E-state index contributed by atoms with van der Waals surface area (Å²) in [7, 11) is 0. The minimum atomic E-state index is -0.385. The topological polar surface area (TPSA) is 110 Å². The SMILES string of the molecule is CCOC(=O)c1nccn1CC1CC(c2nc(-c3ccc4c(c3)O[C@@H](c3ccccc3)CC4)c3c(N)nccn23)C1. The highest BCUT2D eigenvalue weighted by Crippen LogP contribution is 2.45. The van der Waals surface area contributed by atoms with Crippen molar-refractivity contribution < 1.29 is 14.3 Å². The van der Waals surface area contributed by atoms with Gasteiger partial charge in [0.05, 0.1) is 6.61 Å². The van der Waals surface area contributed by atoms with Crippen LogP contribution in [0.3, 0.4) is 0 Å². The number of hydrogen-bond donors (Lipinski definition) is 1.